The summed E-state index contributed by atoms with van der Waals surface area (Å²) >= 11 is 1.66. The Balaban J connectivity index is 2.47. The first-order valence-corrected chi connectivity index (χ1v) is 5.77. The highest BCUT2D eigenvalue weighted by Gasteiger charge is 2.11. The van der Waals surface area contributed by atoms with Gasteiger partial charge in [-0.2, -0.15) is 0 Å². The maximum absolute atomic E-state index is 5.43. The zero-order valence-corrected chi connectivity index (χ0v) is 9.47. The number of thiazole rings is 1. The molecule has 0 saturated heterocycles. The van der Waals surface area contributed by atoms with Crippen molar-refractivity contribution in [3.63, 3.8) is 0 Å². The van der Waals surface area contributed by atoms with Crippen LogP contribution in [0.1, 0.15) is 37.7 Å². The van der Waals surface area contributed by atoms with Gasteiger partial charge >= 0.3 is 0 Å². The first-order valence-electron chi connectivity index (χ1n) is 4.89. The topological polar surface area (TPSA) is 24.9 Å². The third-order valence-corrected chi connectivity index (χ3v) is 3.01. The number of nitrogens with zero attached hydrogens (tertiary/aromatic N) is 1. The van der Waals surface area contributed by atoms with Crippen LogP contribution in [0.15, 0.2) is 11.6 Å². The standard InChI is InChI=1S/C11H16N2S/c1-4-6-10(5-2)13-9(3)11-12-7-8-14-11/h2,7-10,13H,4,6H2,1,3H3. The highest BCUT2D eigenvalue weighted by atomic mass is 32.1. The first-order chi connectivity index (χ1) is 6.77. The van der Waals surface area contributed by atoms with Crippen molar-refractivity contribution in [2.75, 3.05) is 0 Å². The molecule has 14 heavy (non-hydrogen) atoms. The lowest BCUT2D eigenvalue weighted by molar-refractivity contribution is 0.493. The van der Waals surface area contributed by atoms with E-state index in [1.54, 1.807) is 11.3 Å². The van der Waals surface area contributed by atoms with E-state index in [9.17, 15) is 0 Å². The number of hydrogen-bond donors (Lipinski definition) is 1. The fraction of sp³-hybridized carbons (Fsp3) is 0.545. The van der Waals surface area contributed by atoms with E-state index in [1.807, 2.05) is 11.6 Å². The second kappa shape index (κ2) is 5.79. The predicted octanol–water partition coefficient (Wildman–Crippen LogP) is 2.60. The number of aromatic nitrogens is 1. The smallest absolute Gasteiger partial charge is 0.109 e. The lowest BCUT2D eigenvalue weighted by atomic mass is 10.1. The molecular formula is C11H16N2S. The Morgan fingerprint density at radius 2 is 2.50 bits per heavy atom. The zero-order chi connectivity index (χ0) is 10.4. The molecule has 0 aliphatic rings. The molecule has 0 spiro atoms. The van der Waals surface area contributed by atoms with Crippen LogP contribution in [0.4, 0.5) is 0 Å². The monoisotopic (exact) mass is 208 g/mol. The summed E-state index contributed by atoms with van der Waals surface area (Å²) in [7, 11) is 0. The van der Waals surface area contributed by atoms with Gasteiger partial charge in [-0.05, 0) is 13.3 Å². The van der Waals surface area contributed by atoms with E-state index in [2.05, 4.69) is 30.1 Å². The summed E-state index contributed by atoms with van der Waals surface area (Å²) in [6, 6.07) is 0.418. The van der Waals surface area contributed by atoms with Crippen molar-refractivity contribution in [2.24, 2.45) is 0 Å². The molecule has 2 nitrogen and oxygen atoms in total. The van der Waals surface area contributed by atoms with Gasteiger partial charge < -0.3 is 0 Å². The van der Waals surface area contributed by atoms with Crippen molar-refractivity contribution < 1.29 is 0 Å². The van der Waals surface area contributed by atoms with Crippen LogP contribution in [0.5, 0.6) is 0 Å². The van der Waals surface area contributed by atoms with Crippen LogP contribution in [0.3, 0.4) is 0 Å². The van der Waals surface area contributed by atoms with Crippen LogP contribution in [-0.2, 0) is 0 Å². The fourth-order valence-electron chi connectivity index (χ4n) is 1.32. The van der Waals surface area contributed by atoms with Crippen LogP contribution in [0, 0.1) is 12.3 Å². The molecule has 1 heterocycles. The van der Waals surface area contributed by atoms with Gasteiger partial charge in [0.25, 0.3) is 0 Å². The lowest BCUT2D eigenvalue weighted by Crippen LogP contribution is -2.30. The Kier molecular flexibility index (Phi) is 4.64. The summed E-state index contributed by atoms with van der Waals surface area (Å²) < 4.78 is 0. The van der Waals surface area contributed by atoms with Gasteiger partial charge in [0, 0.05) is 11.6 Å². The van der Waals surface area contributed by atoms with E-state index >= 15 is 0 Å². The van der Waals surface area contributed by atoms with Gasteiger partial charge in [0.1, 0.15) is 5.01 Å². The van der Waals surface area contributed by atoms with Crippen molar-refractivity contribution in [1.29, 1.82) is 0 Å². The summed E-state index contributed by atoms with van der Waals surface area (Å²) in [4.78, 5) is 4.25. The second-order valence-electron chi connectivity index (χ2n) is 3.27. The molecular weight excluding hydrogens is 192 g/mol. The minimum absolute atomic E-state index is 0.166. The van der Waals surface area contributed by atoms with Crippen LogP contribution in [-0.4, -0.2) is 11.0 Å². The molecule has 76 valence electrons. The van der Waals surface area contributed by atoms with Crippen molar-refractivity contribution in [1.82, 2.24) is 10.3 Å². The average Bonchev–Trinajstić information content (AvgIpc) is 2.69. The third kappa shape index (κ3) is 3.13. The van der Waals surface area contributed by atoms with Crippen LogP contribution < -0.4 is 5.32 Å². The molecule has 0 radical (unpaired) electrons. The molecule has 0 aliphatic carbocycles. The summed E-state index contributed by atoms with van der Waals surface area (Å²) in [6.45, 7) is 4.24. The second-order valence-corrected chi connectivity index (χ2v) is 4.19. The molecule has 0 amide bonds. The molecule has 0 aliphatic heterocycles. The zero-order valence-electron chi connectivity index (χ0n) is 8.66. The molecule has 0 saturated carbocycles. The van der Waals surface area contributed by atoms with Gasteiger partial charge in [-0.1, -0.05) is 19.3 Å². The average molecular weight is 208 g/mol. The summed E-state index contributed by atoms with van der Waals surface area (Å²) in [5.74, 6) is 2.76. The van der Waals surface area contributed by atoms with Gasteiger partial charge in [-0.25, -0.2) is 4.98 Å². The van der Waals surface area contributed by atoms with Crippen molar-refractivity contribution in [2.45, 2.75) is 38.8 Å². The molecule has 1 aromatic rings. The third-order valence-electron chi connectivity index (χ3n) is 2.05. The molecule has 3 heteroatoms. The maximum atomic E-state index is 5.43. The Morgan fingerprint density at radius 1 is 1.71 bits per heavy atom. The number of hydrogen-bond acceptors (Lipinski definition) is 3. The maximum Gasteiger partial charge on any atom is 0.109 e. The summed E-state index contributed by atoms with van der Waals surface area (Å²) in [6.07, 6.45) is 9.38. The molecule has 0 fully saturated rings. The van der Waals surface area contributed by atoms with E-state index in [1.165, 1.54) is 0 Å². The van der Waals surface area contributed by atoms with E-state index in [4.69, 9.17) is 6.42 Å². The van der Waals surface area contributed by atoms with E-state index in [0.717, 1.165) is 17.8 Å². The minimum Gasteiger partial charge on any atom is -0.295 e. The van der Waals surface area contributed by atoms with Gasteiger partial charge in [-0.3, -0.25) is 5.32 Å². The fourth-order valence-corrected chi connectivity index (χ4v) is 1.98. The summed E-state index contributed by atoms with van der Waals surface area (Å²) in [5, 5.41) is 6.46. The van der Waals surface area contributed by atoms with Crippen molar-refractivity contribution in [3.05, 3.63) is 16.6 Å². The first kappa shape index (κ1) is 11.2. The van der Waals surface area contributed by atoms with Crippen LogP contribution in [0.25, 0.3) is 0 Å². The lowest BCUT2D eigenvalue weighted by Gasteiger charge is -2.16. The van der Waals surface area contributed by atoms with Crippen LogP contribution >= 0.6 is 11.3 Å². The van der Waals surface area contributed by atoms with Gasteiger partial charge in [0.05, 0.1) is 12.1 Å². The summed E-state index contributed by atoms with van der Waals surface area (Å²) in [5.41, 5.74) is 0. The van der Waals surface area contributed by atoms with Crippen LogP contribution in [0.2, 0.25) is 0 Å². The molecule has 0 bridgehead atoms. The number of terminal acetylenes is 1. The number of rotatable bonds is 5. The molecule has 2 unspecified atom stereocenters. The Hall–Kier alpha value is -0.850. The quantitative estimate of drug-likeness (QED) is 0.752. The Morgan fingerprint density at radius 3 is 3.00 bits per heavy atom. The normalized spacial score (nSPS) is 14.6. The van der Waals surface area contributed by atoms with E-state index < -0.39 is 0 Å². The van der Waals surface area contributed by atoms with Gasteiger partial charge in [-0.15, -0.1) is 17.8 Å². The van der Waals surface area contributed by atoms with E-state index in [-0.39, 0.29) is 12.1 Å². The molecule has 1 N–H and O–H groups in total. The predicted molar refractivity (Wildman–Crippen MR) is 61.2 cm³/mol. The number of nitrogens with one attached hydrogen (secondary N) is 1. The molecule has 0 aromatic carbocycles. The van der Waals surface area contributed by atoms with Crippen molar-refractivity contribution >= 4 is 11.3 Å². The SMILES string of the molecule is C#CC(CCC)NC(C)c1nccs1. The largest absolute Gasteiger partial charge is 0.295 e. The molecule has 1 aromatic heterocycles. The van der Waals surface area contributed by atoms with Gasteiger partial charge in [0.2, 0.25) is 0 Å². The molecule has 2 atom stereocenters. The van der Waals surface area contributed by atoms with E-state index in [0.29, 0.717) is 0 Å². The van der Waals surface area contributed by atoms with Crippen molar-refractivity contribution in [3.8, 4) is 12.3 Å². The highest BCUT2D eigenvalue weighted by Crippen LogP contribution is 2.15. The minimum atomic E-state index is 0.166. The Labute approximate surface area is 89.8 Å². The highest BCUT2D eigenvalue weighted by molar-refractivity contribution is 7.09. The van der Waals surface area contributed by atoms with Gasteiger partial charge in [0.15, 0.2) is 0 Å². The Bertz CT molecular complexity index is 287. The molecule has 1 rings (SSSR count).